The Morgan fingerprint density at radius 3 is 2.63 bits per heavy atom. The first kappa shape index (κ1) is 13.5. The molecule has 0 spiro atoms. The second-order valence-electron chi connectivity index (χ2n) is 4.04. The first-order valence-corrected chi connectivity index (χ1v) is 5.88. The van der Waals surface area contributed by atoms with E-state index in [2.05, 4.69) is 0 Å². The first-order chi connectivity index (χ1) is 8.99. The number of anilines is 1. The van der Waals surface area contributed by atoms with Crippen LogP contribution in [-0.2, 0) is 6.42 Å². The Hall–Kier alpha value is -1.94. The van der Waals surface area contributed by atoms with Crippen LogP contribution in [0.1, 0.15) is 15.9 Å². The number of halogens is 3. The van der Waals surface area contributed by atoms with Gasteiger partial charge >= 0.3 is 0 Å². The SMILES string of the molecule is Nc1cc(Cl)ccc1C(=O)Cc1cccc(F)c1F. The number of Topliss-reactive ketones (excluding diaryl/α,β-unsaturated/α-hetero) is 1. The van der Waals surface area contributed by atoms with Gasteiger partial charge in [-0.15, -0.1) is 0 Å². The van der Waals surface area contributed by atoms with E-state index in [4.69, 9.17) is 17.3 Å². The zero-order chi connectivity index (χ0) is 14.0. The standard InChI is InChI=1S/C14H10ClF2NO/c15-9-4-5-10(12(18)7-9)13(19)6-8-2-1-3-11(16)14(8)17/h1-5,7H,6,18H2. The average Bonchev–Trinajstić information content (AvgIpc) is 2.34. The van der Waals surface area contributed by atoms with Crippen molar-refractivity contribution in [3.63, 3.8) is 0 Å². The fourth-order valence-corrected chi connectivity index (χ4v) is 1.92. The molecule has 2 nitrogen and oxygen atoms in total. The lowest BCUT2D eigenvalue weighted by molar-refractivity contribution is 0.0992. The normalized spacial score (nSPS) is 10.5. The number of ketones is 1. The molecule has 0 aromatic heterocycles. The van der Waals surface area contributed by atoms with Gasteiger partial charge in [-0.2, -0.15) is 0 Å². The lowest BCUT2D eigenvalue weighted by Gasteiger charge is -2.06. The van der Waals surface area contributed by atoms with Crippen molar-refractivity contribution in [1.82, 2.24) is 0 Å². The Bertz CT molecular complexity index is 643. The highest BCUT2D eigenvalue weighted by molar-refractivity contribution is 6.31. The largest absolute Gasteiger partial charge is 0.398 e. The molecule has 0 aliphatic carbocycles. The predicted molar refractivity (Wildman–Crippen MR) is 70.3 cm³/mol. The number of hydrogen-bond acceptors (Lipinski definition) is 2. The summed E-state index contributed by atoms with van der Waals surface area (Å²) in [5.74, 6) is -2.38. The Morgan fingerprint density at radius 1 is 1.21 bits per heavy atom. The van der Waals surface area contributed by atoms with Crippen LogP contribution in [0.5, 0.6) is 0 Å². The predicted octanol–water partition coefficient (Wildman–Crippen LogP) is 3.63. The zero-order valence-electron chi connectivity index (χ0n) is 9.79. The van der Waals surface area contributed by atoms with E-state index < -0.39 is 17.4 Å². The molecule has 0 unspecified atom stereocenters. The minimum Gasteiger partial charge on any atom is -0.398 e. The maximum Gasteiger partial charge on any atom is 0.169 e. The Balaban J connectivity index is 2.28. The van der Waals surface area contributed by atoms with Crippen LogP contribution in [0.2, 0.25) is 5.02 Å². The molecule has 0 amide bonds. The highest BCUT2D eigenvalue weighted by Crippen LogP contribution is 2.21. The van der Waals surface area contributed by atoms with Crippen LogP contribution in [0.25, 0.3) is 0 Å². The van der Waals surface area contributed by atoms with Crippen molar-refractivity contribution in [3.8, 4) is 0 Å². The monoisotopic (exact) mass is 281 g/mol. The van der Waals surface area contributed by atoms with E-state index in [0.29, 0.717) is 5.02 Å². The number of hydrogen-bond donors (Lipinski definition) is 1. The number of nitrogen functional groups attached to an aromatic ring is 1. The Kier molecular flexibility index (Phi) is 3.81. The maximum atomic E-state index is 13.5. The summed E-state index contributed by atoms with van der Waals surface area (Å²) >= 11 is 5.73. The summed E-state index contributed by atoms with van der Waals surface area (Å²) in [5.41, 5.74) is 6.13. The fraction of sp³-hybridized carbons (Fsp3) is 0.0714. The van der Waals surface area contributed by atoms with Gasteiger partial charge in [-0.3, -0.25) is 4.79 Å². The van der Waals surface area contributed by atoms with E-state index in [1.54, 1.807) is 0 Å². The molecule has 0 radical (unpaired) electrons. The molecule has 19 heavy (non-hydrogen) atoms. The van der Waals surface area contributed by atoms with Crippen LogP contribution >= 0.6 is 11.6 Å². The number of benzene rings is 2. The van der Waals surface area contributed by atoms with E-state index >= 15 is 0 Å². The van der Waals surface area contributed by atoms with Crippen molar-refractivity contribution >= 4 is 23.1 Å². The number of nitrogens with two attached hydrogens (primary N) is 1. The van der Waals surface area contributed by atoms with Gasteiger partial charge in [0.1, 0.15) is 0 Å². The molecule has 0 bridgehead atoms. The van der Waals surface area contributed by atoms with Gasteiger partial charge in [-0.05, 0) is 29.8 Å². The third-order valence-corrected chi connectivity index (χ3v) is 2.93. The van der Waals surface area contributed by atoms with Crippen LogP contribution in [0.15, 0.2) is 36.4 Å². The van der Waals surface area contributed by atoms with Crippen LogP contribution in [-0.4, -0.2) is 5.78 Å². The van der Waals surface area contributed by atoms with Crippen molar-refractivity contribution in [1.29, 1.82) is 0 Å². The second-order valence-corrected chi connectivity index (χ2v) is 4.48. The Morgan fingerprint density at radius 2 is 1.95 bits per heavy atom. The molecule has 0 aliphatic rings. The van der Waals surface area contributed by atoms with Gasteiger partial charge in [-0.25, -0.2) is 8.78 Å². The quantitative estimate of drug-likeness (QED) is 0.690. The summed E-state index contributed by atoms with van der Waals surface area (Å²) < 4.78 is 26.5. The van der Waals surface area contributed by atoms with Gasteiger partial charge in [-0.1, -0.05) is 23.7 Å². The molecular formula is C14H10ClF2NO. The van der Waals surface area contributed by atoms with E-state index in [9.17, 15) is 13.6 Å². The van der Waals surface area contributed by atoms with Crippen molar-refractivity contribution < 1.29 is 13.6 Å². The molecule has 0 fully saturated rings. The molecule has 2 N–H and O–H groups in total. The fourth-order valence-electron chi connectivity index (χ4n) is 1.74. The summed E-state index contributed by atoms with van der Waals surface area (Å²) in [6, 6.07) is 8.15. The molecule has 0 saturated carbocycles. The molecule has 2 aromatic carbocycles. The smallest absolute Gasteiger partial charge is 0.169 e. The Labute approximate surface area is 113 Å². The maximum absolute atomic E-state index is 13.5. The number of carbonyl (C=O) groups is 1. The van der Waals surface area contributed by atoms with E-state index in [1.807, 2.05) is 0 Å². The van der Waals surface area contributed by atoms with Crippen molar-refractivity contribution in [2.45, 2.75) is 6.42 Å². The summed E-state index contributed by atoms with van der Waals surface area (Å²) in [6.45, 7) is 0. The highest BCUT2D eigenvalue weighted by Gasteiger charge is 2.15. The minimum atomic E-state index is -1.01. The zero-order valence-corrected chi connectivity index (χ0v) is 10.5. The lowest BCUT2D eigenvalue weighted by Crippen LogP contribution is -2.08. The third kappa shape index (κ3) is 2.90. The van der Waals surface area contributed by atoms with Crippen LogP contribution in [0.3, 0.4) is 0 Å². The van der Waals surface area contributed by atoms with E-state index in [0.717, 1.165) is 6.07 Å². The van der Waals surface area contributed by atoms with Crippen molar-refractivity contribution in [3.05, 3.63) is 64.2 Å². The summed E-state index contributed by atoms with van der Waals surface area (Å²) in [4.78, 5) is 12.0. The van der Waals surface area contributed by atoms with Crippen molar-refractivity contribution in [2.75, 3.05) is 5.73 Å². The second kappa shape index (κ2) is 5.36. The van der Waals surface area contributed by atoms with Gasteiger partial charge in [0.2, 0.25) is 0 Å². The van der Waals surface area contributed by atoms with Crippen molar-refractivity contribution in [2.24, 2.45) is 0 Å². The molecular weight excluding hydrogens is 272 g/mol. The van der Waals surface area contributed by atoms with E-state index in [-0.39, 0.29) is 23.2 Å². The number of carbonyl (C=O) groups excluding carboxylic acids is 1. The molecule has 0 atom stereocenters. The molecule has 0 heterocycles. The number of rotatable bonds is 3. The van der Waals surface area contributed by atoms with Crippen LogP contribution in [0, 0.1) is 11.6 Å². The molecule has 2 rings (SSSR count). The first-order valence-electron chi connectivity index (χ1n) is 5.50. The van der Waals surface area contributed by atoms with Crippen LogP contribution in [0.4, 0.5) is 14.5 Å². The summed E-state index contributed by atoms with van der Waals surface area (Å²) in [7, 11) is 0. The molecule has 0 saturated heterocycles. The third-order valence-electron chi connectivity index (χ3n) is 2.70. The van der Waals surface area contributed by atoms with Gasteiger partial charge in [0.05, 0.1) is 0 Å². The average molecular weight is 282 g/mol. The topological polar surface area (TPSA) is 43.1 Å². The van der Waals surface area contributed by atoms with Gasteiger partial charge in [0, 0.05) is 22.7 Å². The summed E-state index contributed by atoms with van der Waals surface area (Å²) in [5, 5.41) is 0.408. The molecule has 0 aliphatic heterocycles. The summed E-state index contributed by atoms with van der Waals surface area (Å²) in [6.07, 6.45) is -0.255. The molecule has 98 valence electrons. The minimum absolute atomic E-state index is 0.000602. The van der Waals surface area contributed by atoms with Gasteiger partial charge in [0.15, 0.2) is 17.4 Å². The molecule has 5 heteroatoms. The van der Waals surface area contributed by atoms with E-state index in [1.165, 1.54) is 30.3 Å². The van der Waals surface area contributed by atoms with Gasteiger partial charge in [0.25, 0.3) is 0 Å². The molecule has 2 aromatic rings. The lowest BCUT2D eigenvalue weighted by atomic mass is 10.0. The van der Waals surface area contributed by atoms with Crippen LogP contribution < -0.4 is 5.73 Å². The highest BCUT2D eigenvalue weighted by atomic mass is 35.5. The van der Waals surface area contributed by atoms with Gasteiger partial charge < -0.3 is 5.73 Å².